The van der Waals surface area contributed by atoms with Crippen LogP contribution < -0.4 is 4.74 Å². The summed E-state index contributed by atoms with van der Waals surface area (Å²) in [5.41, 5.74) is 2.85. The Kier molecular flexibility index (Phi) is 15.2. The molecule has 274 valence electrons. The maximum Gasteiger partial charge on any atom is 0.437 e. The first kappa shape index (κ1) is 37.8. The Morgan fingerprint density at radius 2 is 1.37 bits per heavy atom. The quantitative estimate of drug-likeness (QED) is 0.133. The van der Waals surface area contributed by atoms with Crippen LogP contribution in [-0.2, 0) is 34.0 Å². The lowest BCUT2D eigenvalue weighted by atomic mass is 9.84. The molecule has 1 N–H and O–H groups in total. The van der Waals surface area contributed by atoms with Gasteiger partial charge >= 0.3 is 12.2 Å². The molecular weight excluding hydrogens is 646 g/mol. The van der Waals surface area contributed by atoms with Gasteiger partial charge in [0.2, 0.25) is 5.96 Å². The Morgan fingerprint density at radius 3 is 2.02 bits per heavy atom. The molecule has 51 heavy (non-hydrogen) atoms. The van der Waals surface area contributed by atoms with Gasteiger partial charge in [-0.2, -0.15) is 0 Å². The molecule has 10 heteroatoms. The molecule has 5 rings (SSSR count). The number of guanidine groups is 1. The summed E-state index contributed by atoms with van der Waals surface area (Å²) in [6, 6.07) is 26.5. The Bertz CT molecular complexity index is 1500. The summed E-state index contributed by atoms with van der Waals surface area (Å²) < 4.78 is 22.4. The number of hydrogen-bond donors (Lipinski definition) is 1. The number of carbonyl (C=O) groups is 2. The van der Waals surface area contributed by atoms with Crippen molar-refractivity contribution in [2.75, 3.05) is 26.9 Å². The number of aliphatic hydroxyl groups excluding tert-OH is 1. The van der Waals surface area contributed by atoms with Gasteiger partial charge < -0.3 is 29.0 Å². The number of hydrogen-bond acceptors (Lipinski definition) is 7. The van der Waals surface area contributed by atoms with E-state index in [9.17, 15) is 14.7 Å². The van der Waals surface area contributed by atoms with Gasteiger partial charge in [0, 0.05) is 31.7 Å². The van der Waals surface area contributed by atoms with E-state index >= 15 is 0 Å². The molecule has 3 aromatic carbocycles. The van der Waals surface area contributed by atoms with Crippen molar-refractivity contribution in [1.29, 1.82) is 0 Å². The second kappa shape index (κ2) is 20.4. The average molecular weight is 700 g/mol. The third-order valence-electron chi connectivity index (χ3n) is 9.82. The molecule has 2 aliphatic heterocycles. The summed E-state index contributed by atoms with van der Waals surface area (Å²) >= 11 is 0. The number of fused-ring (bicyclic) bond motifs is 1. The van der Waals surface area contributed by atoms with Crippen LogP contribution in [0.5, 0.6) is 5.75 Å². The topological polar surface area (TPSA) is 110 Å². The molecule has 0 radical (unpaired) electrons. The fourth-order valence-corrected chi connectivity index (χ4v) is 7.12. The van der Waals surface area contributed by atoms with Crippen molar-refractivity contribution in [3.8, 4) is 5.75 Å². The second-order valence-electron chi connectivity index (χ2n) is 13.3. The van der Waals surface area contributed by atoms with E-state index in [4.69, 9.17) is 18.9 Å². The summed E-state index contributed by atoms with van der Waals surface area (Å²) in [7, 11) is 1.67. The molecule has 2 aliphatic rings. The van der Waals surface area contributed by atoms with Gasteiger partial charge in [0.05, 0.1) is 19.8 Å². The second-order valence-corrected chi connectivity index (χ2v) is 13.3. The third kappa shape index (κ3) is 11.3. The van der Waals surface area contributed by atoms with Crippen molar-refractivity contribution in [3.05, 3.63) is 102 Å². The summed E-state index contributed by atoms with van der Waals surface area (Å²) in [4.78, 5) is 35.0. The van der Waals surface area contributed by atoms with Crippen molar-refractivity contribution < 1.29 is 33.6 Å². The first-order valence-corrected chi connectivity index (χ1v) is 18.4. The largest absolute Gasteiger partial charge is 0.497 e. The van der Waals surface area contributed by atoms with E-state index in [1.54, 1.807) is 7.11 Å². The van der Waals surface area contributed by atoms with E-state index in [2.05, 4.69) is 4.99 Å². The molecule has 0 aliphatic carbocycles. The Labute approximate surface area is 302 Å². The standard InChI is InChI=1S/C41H53N3O7/c1-48-35-24-22-34(23-25-35)29-49-27-14-6-4-2-3-5-13-20-38-36(28-45)37-21-15-26-43(37)39(42-40(46)50-30-32-16-9-7-10-17-32)44(38)41(47)51-31-33-18-11-8-12-19-33/h7-12,16-19,22-25,36-38,45H,2-6,13-15,20-21,26-31H2,1H3/b42-39+/t36-,37+,38-/m1/s1. The highest BCUT2D eigenvalue weighted by Gasteiger charge is 2.49. The molecule has 2 heterocycles. The lowest BCUT2D eigenvalue weighted by molar-refractivity contribution is 0.0310. The third-order valence-corrected chi connectivity index (χ3v) is 9.82. The summed E-state index contributed by atoms with van der Waals surface area (Å²) in [6.45, 7) is 2.09. The molecule has 0 bridgehead atoms. The zero-order valence-electron chi connectivity index (χ0n) is 29.9. The molecule has 2 fully saturated rings. The van der Waals surface area contributed by atoms with E-state index < -0.39 is 12.2 Å². The summed E-state index contributed by atoms with van der Waals surface area (Å²) in [5.74, 6) is 0.923. The Hall–Kier alpha value is -4.41. The molecule has 0 spiro atoms. The van der Waals surface area contributed by atoms with Crippen molar-refractivity contribution in [2.45, 2.75) is 96.1 Å². The number of benzene rings is 3. The van der Waals surface area contributed by atoms with Gasteiger partial charge in [0.25, 0.3) is 0 Å². The van der Waals surface area contributed by atoms with Crippen molar-refractivity contribution >= 4 is 18.1 Å². The van der Waals surface area contributed by atoms with E-state index in [-0.39, 0.29) is 43.8 Å². The van der Waals surface area contributed by atoms with Gasteiger partial charge in [0.1, 0.15) is 19.0 Å². The predicted octanol–water partition coefficient (Wildman–Crippen LogP) is 8.12. The van der Waals surface area contributed by atoms with Gasteiger partial charge in [-0.15, -0.1) is 4.99 Å². The minimum absolute atomic E-state index is 0.0224. The maximum atomic E-state index is 13.9. The number of aliphatic imine (C=N–C) groups is 1. The number of ether oxygens (including phenoxy) is 4. The van der Waals surface area contributed by atoms with E-state index in [1.807, 2.05) is 89.8 Å². The molecule has 2 saturated heterocycles. The van der Waals surface area contributed by atoms with Crippen LogP contribution >= 0.6 is 0 Å². The number of rotatable bonds is 18. The first-order chi connectivity index (χ1) is 25.1. The van der Waals surface area contributed by atoms with Crippen LogP contribution in [0.15, 0.2) is 89.9 Å². The van der Waals surface area contributed by atoms with Gasteiger partial charge in [0.15, 0.2) is 0 Å². The molecule has 3 atom stereocenters. The van der Waals surface area contributed by atoms with Crippen molar-refractivity contribution in [1.82, 2.24) is 9.80 Å². The SMILES string of the molecule is COc1ccc(COCCCCCCCCC[C@@H]2[C@H](CO)[C@@H]3CCCN3/C(=N\C(=O)OCc3ccccc3)N2C(=O)OCc2ccccc2)cc1. The fourth-order valence-electron chi connectivity index (χ4n) is 7.12. The van der Waals surface area contributed by atoms with Gasteiger partial charge in [-0.1, -0.05) is 111 Å². The number of unbranched alkanes of at least 4 members (excludes halogenated alkanes) is 6. The minimum Gasteiger partial charge on any atom is -0.497 e. The van der Waals surface area contributed by atoms with Crippen LogP contribution in [0.4, 0.5) is 9.59 Å². The molecular formula is C41H53N3O7. The summed E-state index contributed by atoms with van der Waals surface area (Å²) in [6.07, 6.45) is 8.49. The van der Waals surface area contributed by atoms with E-state index in [0.29, 0.717) is 19.6 Å². The van der Waals surface area contributed by atoms with Crippen molar-refractivity contribution in [3.63, 3.8) is 0 Å². The first-order valence-electron chi connectivity index (χ1n) is 18.4. The number of methoxy groups -OCH3 is 1. The van der Waals surface area contributed by atoms with E-state index in [0.717, 1.165) is 86.8 Å². The van der Waals surface area contributed by atoms with Crippen LogP contribution in [0.1, 0.15) is 80.9 Å². The number of nitrogens with zero attached hydrogens (tertiary/aromatic N) is 3. The average Bonchev–Trinajstić information content (AvgIpc) is 3.66. The van der Waals surface area contributed by atoms with Gasteiger partial charge in [-0.25, -0.2) is 14.5 Å². The van der Waals surface area contributed by atoms with Crippen LogP contribution in [0.3, 0.4) is 0 Å². The minimum atomic E-state index is -0.757. The molecule has 2 amide bonds. The fraction of sp³-hybridized carbons (Fsp3) is 0.488. The summed E-state index contributed by atoms with van der Waals surface area (Å²) in [5, 5.41) is 10.7. The highest BCUT2D eigenvalue weighted by molar-refractivity contribution is 6.00. The number of amides is 2. The smallest absolute Gasteiger partial charge is 0.437 e. The highest BCUT2D eigenvalue weighted by atomic mass is 16.6. The van der Waals surface area contributed by atoms with Gasteiger partial charge in [-0.05, 0) is 54.5 Å². The lowest BCUT2D eigenvalue weighted by Crippen LogP contribution is -2.64. The predicted molar refractivity (Wildman–Crippen MR) is 196 cm³/mol. The monoisotopic (exact) mass is 699 g/mol. The van der Waals surface area contributed by atoms with Crippen LogP contribution in [0.25, 0.3) is 0 Å². The van der Waals surface area contributed by atoms with Crippen LogP contribution in [0, 0.1) is 5.92 Å². The maximum absolute atomic E-state index is 13.9. The molecule has 0 unspecified atom stereocenters. The Morgan fingerprint density at radius 1 is 0.765 bits per heavy atom. The van der Waals surface area contributed by atoms with Gasteiger partial charge in [-0.3, -0.25) is 0 Å². The molecule has 0 saturated carbocycles. The van der Waals surface area contributed by atoms with E-state index in [1.165, 1.54) is 4.90 Å². The normalized spacial score (nSPS) is 19.2. The van der Waals surface area contributed by atoms with Crippen molar-refractivity contribution in [2.24, 2.45) is 10.9 Å². The van der Waals surface area contributed by atoms with Crippen LogP contribution in [0.2, 0.25) is 0 Å². The lowest BCUT2D eigenvalue weighted by Gasteiger charge is -2.48. The zero-order valence-corrected chi connectivity index (χ0v) is 29.9. The molecule has 0 aromatic heterocycles. The Balaban J connectivity index is 1.15. The van der Waals surface area contributed by atoms with Crippen LogP contribution in [-0.4, -0.2) is 72.0 Å². The highest BCUT2D eigenvalue weighted by Crippen LogP contribution is 2.37. The molecule has 3 aromatic rings. The zero-order chi connectivity index (χ0) is 35.7. The number of aliphatic hydroxyl groups is 1. The molecule has 10 nitrogen and oxygen atoms in total. The number of carbonyl (C=O) groups excluding carboxylic acids is 2.